The SMILES string of the molecule is CCC(O)C#CC#CCCC(=O)OC. The summed E-state index contributed by atoms with van der Waals surface area (Å²) in [6.45, 7) is 1.84. The van der Waals surface area contributed by atoms with Crippen LogP contribution in [0.1, 0.15) is 26.2 Å². The number of rotatable bonds is 3. The quantitative estimate of drug-likeness (QED) is 0.532. The molecule has 0 aliphatic carbocycles. The number of carbonyl (C=O) groups excluding carboxylic acids is 1. The first-order valence-electron chi connectivity index (χ1n) is 4.44. The van der Waals surface area contributed by atoms with Crippen LogP contribution >= 0.6 is 0 Å². The van der Waals surface area contributed by atoms with Gasteiger partial charge in [0.15, 0.2) is 0 Å². The number of hydrogen-bond acceptors (Lipinski definition) is 3. The van der Waals surface area contributed by atoms with E-state index in [2.05, 4.69) is 28.4 Å². The van der Waals surface area contributed by atoms with Crippen LogP contribution in [-0.2, 0) is 9.53 Å². The van der Waals surface area contributed by atoms with Crippen molar-refractivity contribution in [3.8, 4) is 23.7 Å². The zero-order valence-corrected chi connectivity index (χ0v) is 8.46. The molecule has 0 radical (unpaired) electrons. The molecule has 1 unspecified atom stereocenters. The van der Waals surface area contributed by atoms with E-state index in [-0.39, 0.29) is 12.4 Å². The fourth-order valence-electron chi connectivity index (χ4n) is 0.595. The third-order valence-electron chi connectivity index (χ3n) is 1.46. The van der Waals surface area contributed by atoms with E-state index in [0.29, 0.717) is 12.8 Å². The lowest BCUT2D eigenvalue weighted by atomic mass is 10.3. The molecule has 14 heavy (non-hydrogen) atoms. The molecular weight excluding hydrogens is 180 g/mol. The van der Waals surface area contributed by atoms with E-state index in [9.17, 15) is 4.79 Å². The summed E-state index contributed by atoms with van der Waals surface area (Å²) in [6, 6.07) is 0. The summed E-state index contributed by atoms with van der Waals surface area (Å²) in [7, 11) is 1.34. The lowest BCUT2D eigenvalue weighted by molar-refractivity contribution is -0.140. The highest BCUT2D eigenvalue weighted by molar-refractivity contribution is 5.69. The van der Waals surface area contributed by atoms with E-state index in [1.54, 1.807) is 0 Å². The highest BCUT2D eigenvalue weighted by Crippen LogP contribution is 1.88. The molecule has 0 amide bonds. The number of aliphatic hydroxyl groups is 1. The Morgan fingerprint density at radius 3 is 2.79 bits per heavy atom. The van der Waals surface area contributed by atoms with E-state index in [4.69, 9.17) is 5.11 Å². The van der Waals surface area contributed by atoms with Gasteiger partial charge in [-0.05, 0) is 18.3 Å². The highest BCUT2D eigenvalue weighted by atomic mass is 16.5. The standard InChI is InChI=1S/C11H14O3/c1-3-10(12)8-6-4-5-7-9-11(13)14-2/h10,12H,3,7,9H2,1-2H3. The first-order valence-corrected chi connectivity index (χ1v) is 4.44. The number of hydrogen-bond donors (Lipinski definition) is 1. The van der Waals surface area contributed by atoms with Crippen LogP contribution in [0.25, 0.3) is 0 Å². The molecule has 0 fully saturated rings. The molecule has 0 aromatic carbocycles. The van der Waals surface area contributed by atoms with Crippen molar-refractivity contribution >= 4 is 5.97 Å². The monoisotopic (exact) mass is 194 g/mol. The van der Waals surface area contributed by atoms with Crippen LogP contribution in [0.5, 0.6) is 0 Å². The summed E-state index contributed by atoms with van der Waals surface area (Å²) in [4.78, 5) is 10.6. The predicted octanol–water partition coefficient (Wildman–Crippen LogP) is 0.717. The maximum Gasteiger partial charge on any atom is 0.306 e. The number of aliphatic hydroxyl groups excluding tert-OH is 1. The van der Waals surface area contributed by atoms with Crippen molar-refractivity contribution in [3.05, 3.63) is 0 Å². The zero-order valence-electron chi connectivity index (χ0n) is 8.46. The average Bonchev–Trinajstić information content (AvgIpc) is 2.22. The Kier molecular flexibility index (Phi) is 7.32. The second kappa shape index (κ2) is 8.16. The van der Waals surface area contributed by atoms with E-state index < -0.39 is 6.10 Å². The second-order valence-corrected chi connectivity index (χ2v) is 2.57. The van der Waals surface area contributed by atoms with Gasteiger partial charge in [-0.15, -0.1) is 0 Å². The fourth-order valence-corrected chi connectivity index (χ4v) is 0.595. The third kappa shape index (κ3) is 7.21. The van der Waals surface area contributed by atoms with Crippen LogP contribution in [0, 0.1) is 23.7 Å². The Labute approximate surface area is 84.5 Å². The van der Waals surface area contributed by atoms with Crippen molar-refractivity contribution in [2.24, 2.45) is 0 Å². The lowest BCUT2D eigenvalue weighted by Crippen LogP contribution is -1.98. The summed E-state index contributed by atoms with van der Waals surface area (Å²) in [5.41, 5.74) is 0. The third-order valence-corrected chi connectivity index (χ3v) is 1.46. The minimum Gasteiger partial charge on any atom is -0.469 e. The summed E-state index contributed by atoms with van der Waals surface area (Å²) in [5.74, 6) is 10.0. The molecule has 0 saturated heterocycles. The zero-order chi connectivity index (χ0) is 10.8. The van der Waals surface area contributed by atoms with Crippen molar-refractivity contribution in [3.63, 3.8) is 0 Å². The van der Waals surface area contributed by atoms with Gasteiger partial charge >= 0.3 is 5.97 Å². The maximum absolute atomic E-state index is 10.6. The number of methoxy groups -OCH3 is 1. The van der Waals surface area contributed by atoms with E-state index in [0.717, 1.165) is 0 Å². The molecule has 0 bridgehead atoms. The number of carbonyl (C=O) groups is 1. The minimum absolute atomic E-state index is 0.277. The van der Waals surface area contributed by atoms with Gasteiger partial charge in [0, 0.05) is 6.42 Å². The van der Waals surface area contributed by atoms with Gasteiger partial charge < -0.3 is 9.84 Å². The number of esters is 1. The first-order chi connectivity index (χ1) is 6.70. The minimum atomic E-state index is -0.607. The van der Waals surface area contributed by atoms with E-state index in [1.807, 2.05) is 6.92 Å². The van der Waals surface area contributed by atoms with Gasteiger partial charge in [0.25, 0.3) is 0 Å². The molecular formula is C11H14O3. The molecule has 0 aromatic heterocycles. The van der Waals surface area contributed by atoms with Gasteiger partial charge in [-0.25, -0.2) is 0 Å². The van der Waals surface area contributed by atoms with Crippen molar-refractivity contribution in [2.75, 3.05) is 7.11 Å². The topological polar surface area (TPSA) is 46.5 Å². The van der Waals surface area contributed by atoms with Gasteiger partial charge in [-0.1, -0.05) is 18.8 Å². The Balaban J connectivity index is 3.71. The van der Waals surface area contributed by atoms with Crippen LogP contribution in [-0.4, -0.2) is 24.3 Å². The first kappa shape index (κ1) is 12.6. The molecule has 0 spiro atoms. The summed E-state index contributed by atoms with van der Waals surface area (Å²) in [5, 5.41) is 9.03. The van der Waals surface area contributed by atoms with Crippen LogP contribution in [0.3, 0.4) is 0 Å². The molecule has 3 heteroatoms. The van der Waals surface area contributed by atoms with Gasteiger partial charge in [0.05, 0.1) is 13.5 Å². The molecule has 0 heterocycles. The van der Waals surface area contributed by atoms with Crippen molar-refractivity contribution in [1.82, 2.24) is 0 Å². The van der Waals surface area contributed by atoms with Crippen LogP contribution < -0.4 is 0 Å². The number of ether oxygens (including phenoxy) is 1. The van der Waals surface area contributed by atoms with Gasteiger partial charge in [0.1, 0.15) is 6.10 Å². The summed E-state index contributed by atoms with van der Waals surface area (Å²) < 4.78 is 4.43. The lowest BCUT2D eigenvalue weighted by Gasteiger charge is -1.92. The Hall–Kier alpha value is -1.45. The van der Waals surface area contributed by atoms with E-state index in [1.165, 1.54) is 7.11 Å². The molecule has 0 aromatic rings. The van der Waals surface area contributed by atoms with E-state index >= 15 is 0 Å². The normalized spacial score (nSPS) is 10.2. The van der Waals surface area contributed by atoms with Gasteiger partial charge in [-0.3, -0.25) is 4.79 Å². The Bertz CT molecular complexity index is 285. The van der Waals surface area contributed by atoms with Crippen molar-refractivity contribution < 1.29 is 14.6 Å². The van der Waals surface area contributed by atoms with Gasteiger partial charge in [-0.2, -0.15) is 0 Å². The molecule has 1 atom stereocenters. The maximum atomic E-state index is 10.6. The Morgan fingerprint density at radius 2 is 2.21 bits per heavy atom. The second-order valence-electron chi connectivity index (χ2n) is 2.57. The molecule has 0 saturated carbocycles. The van der Waals surface area contributed by atoms with Crippen LogP contribution in [0.15, 0.2) is 0 Å². The Morgan fingerprint density at radius 1 is 1.50 bits per heavy atom. The highest BCUT2D eigenvalue weighted by Gasteiger charge is 1.95. The molecule has 0 aliphatic rings. The predicted molar refractivity (Wildman–Crippen MR) is 53.1 cm³/mol. The van der Waals surface area contributed by atoms with Gasteiger partial charge in [0.2, 0.25) is 0 Å². The fraction of sp³-hybridized carbons (Fsp3) is 0.545. The summed E-state index contributed by atoms with van der Waals surface area (Å²) in [6.07, 6.45) is 0.701. The van der Waals surface area contributed by atoms with Crippen LogP contribution in [0.2, 0.25) is 0 Å². The molecule has 0 aliphatic heterocycles. The summed E-state index contributed by atoms with van der Waals surface area (Å²) >= 11 is 0. The average molecular weight is 194 g/mol. The largest absolute Gasteiger partial charge is 0.469 e. The smallest absolute Gasteiger partial charge is 0.306 e. The molecule has 3 nitrogen and oxygen atoms in total. The van der Waals surface area contributed by atoms with Crippen LogP contribution in [0.4, 0.5) is 0 Å². The van der Waals surface area contributed by atoms with Crippen molar-refractivity contribution in [1.29, 1.82) is 0 Å². The molecule has 76 valence electrons. The van der Waals surface area contributed by atoms with Crippen molar-refractivity contribution in [2.45, 2.75) is 32.3 Å². The molecule has 1 N–H and O–H groups in total. The molecule has 0 rings (SSSR count).